The van der Waals surface area contributed by atoms with Crippen molar-refractivity contribution in [1.82, 2.24) is 10.4 Å². The van der Waals surface area contributed by atoms with E-state index in [1.807, 2.05) is 55.5 Å². The van der Waals surface area contributed by atoms with Crippen molar-refractivity contribution in [2.24, 2.45) is 0 Å². The van der Waals surface area contributed by atoms with Crippen molar-refractivity contribution in [3.05, 3.63) is 70.9 Å². The summed E-state index contributed by atoms with van der Waals surface area (Å²) in [6.45, 7) is 1.97. The summed E-state index contributed by atoms with van der Waals surface area (Å²) in [6.07, 6.45) is 0. The minimum Gasteiger partial charge on any atom is -0.493 e. The zero-order valence-corrected chi connectivity index (χ0v) is 15.4. The largest absolute Gasteiger partial charge is 0.493 e. The fraction of sp³-hybridized carbons (Fsp3) is 0.111. The molecule has 1 unspecified atom stereocenters. The van der Waals surface area contributed by atoms with Crippen LogP contribution in [0.1, 0.15) is 11.1 Å². The molecule has 2 aromatic rings. The van der Waals surface area contributed by atoms with Gasteiger partial charge >= 0.3 is 0 Å². The number of para-hydroxylation sites is 2. The average Bonchev–Trinajstić information content (AvgIpc) is 3.10. The van der Waals surface area contributed by atoms with Gasteiger partial charge in [-0.15, -0.1) is 0 Å². The van der Waals surface area contributed by atoms with E-state index in [-0.39, 0.29) is 16.9 Å². The van der Waals surface area contributed by atoms with Crippen LogP contribution in [0.15, 0.2) is 59.8 Å². The van der Waals surface area contributed by atoms with E-state index in [0.29, 0.717) is 0 Å². The molecular weight excluding hydrogens is 368 g/mol. The molecule has 8 heteroatoms. The maximum absolute atomic E-state index is 12.8. The predicted octanol–water partition coefficient (Wildman–Crippen LogP) is 3.41. The molecule has 0 saturated heterocycles. The highest BCUT2D eigenvalue weighted by Gasteiger charge is 2.56. The number of carbonyl (C=O) groups excluding carboxylic acids is 1. The van der Waals surface area contributed by atoms with Gasteiger partial charge < -0.3 is 15.7 Å². The Bertz CT molecular complexity index is 946. The molecule has 0 aromatic heterocycles. The number of hydrogen-bond donors (Lipinski definition) is 4. The van der Waals surface area contributed by atoms with Crippen molar-refractivity contribution < 1.29 is 9.90 Å². The van der Waals surface area contributed by atoms with Crippen molar-refractivity contribution in [2.75, 3.05) is 10.6 Å². The number of fused-ring (bicyclic) bond motifs is 2. The number of carbonyl (C=O) groups is 1. The number of rotatable bonds is 2. The van der Waals surface area contributed by atoms with Crippen LogP contribution < -0.4 is 16.1 Å². The quantitative estimate of drug-likeness (QED) is 0.591. The molecule has 2 heterocycles. The molecule has 2 aliphatic heterocycles. The van der Waals surface area contributed by atoms with Gasteiger partial charge in [-0.05, 0) is 36.8 Å². The van der Waals surface area contributed by atoms with Crippen LogP contribution in [0.2, 0.25) is 0 Å². The maximum atomic E-state index is 12.8. The normalized spacial score (nSPS) is 20.6. The molecule has 26 heavy (non-hydrogen) atoms. The van der Waals surface area contributed by atoms with E-state index in [1.165, 1.54) is 22.2 Å². The summed E-state index contributed by atoms with van der Waals surface area (Å²) in [5.41, 5.74) is 6.33. The first kappa shape index (κ1) is 16.7. The van der Waals surface area contributed by atoms with Gasteiger partial charge in [-0.25, -0.2) is 5.01 Å². The smallest absolute Gasteiger partial charge is 0.267 e. The minimum atomic E-state index is -1.14. The van der Waals surface area contributed by atoms with Gasteiger partial charge in [-0.1, -0.05) is 48.2 Å². The molecule has 4 N–H and O–H groups in total. The monoisotopic (exact) mass is 384 g/mol. The van der Waals surface area contributed by atoms with Gasteiger partial charge in [0.25, 0.3) is 5.91 Å². The van der Waals surface area contributed by atoms with Crippen LogP contribution in [-0.2, 0) is 9.67 Å². The number of aliphatic hydroxyl groups is 1. The number of hydrogen-bond acceptors (Lipinski definition) is 5. The highest BCUT2D eigenvalue weighted by atomic mass is 32.2. The topological polar surface area (TPSA) is 76.6 Å². The van der Waals surface area contributed by atoms with Gasteiger partial charge in [0.15, 0.2) is 5.11 Å². The molecule has 2 aliphatic rings. The van der Waals surface area contributed by atoms with Crippen molar-refractivity contribution in [3.63, 3.8) is 0 Å². The zero-order chi connectivity index (χ0) is 18.3. The predicted molar refractivity (Wildman–Crippen MR) is 107 cm³/mol. The standard InChI is InChI=1S/C18H16N4O2S2/c1-11-6-2-4-8-13(11)20-17(25)21-22-15(23)10-26-18(22)12-7-3-5-9-14(12)19-16(18)24/h2-10,23H,1H3,(H,19,24)(H2,20,21,25). The second-order valence-corrected chi connectivity index (χ2v) is 7.42. The summed E-state index contributed by atoms with van der Waals surface area (Å²) in [7, 11) is 0. The van der Waals surface area contributed by atoms with Crippen molar-refractivity contribution in [1.29, 1.82) is 0 Å². The highest BCUT2D eigenvalue weighted by Crippen LogP contribution is 2.52. The van der Waals surface area contributed by atoms with E-state index in [1.54, 1.807) is 0 Å². The van der Waals surface area contributed by atoms with E-state index in [0.717, 1.165) is 22.5 Å². The molecule has 132 valence electrons. The molecule has 0 bridgehead atoms. The molecule has 1 spiro atoms. The summed E-state index contributed by atoms with van der Waals surface area (Å²) < 4.78 is 0. The Morgan fingerprint density at radius 1 is 1.23 bits per heavy atom. The summed E-state index contributed by atoms with van der Waals surface area (Å²) in [4.78, 5) is 11.6. The lowest BCUT2D eigenvalue weighted by molar-refractivity contribution is -0.123. The number of nitrogens with zero attached hydrogens (tertiary/aromatic N) is 1. The zero-order valence-electron chi connectivity index (χ0n) is 13.8. The first-order chi connectivity index (χ1) is 12.5. The van der Waals surface area contributed by atoms with Crippen molar-refractivity contribution >= 4 is 46.4 Å². The lowest BCUT2D eigenvalue weighted by Gasteiger charge is -2.34. The summed E-state index contributed by atoms with van der Waals surface area (Å²) in [5.74, 6) is -0.314. The molecule has 2 aromatic carbocycles. The number of anilines is 2. The number of aryl methyl sites for hydroxylation is 1. The lowest BCUT2D eigenvalue weighted by atomic mass is 10.1. The molecule has 0 aliphatic carbocycles. The number of thiocarbonyl (C=S) groups is 1. The van der Waals surface area contributed by atoms with Crippen LogP contribution in [0.4, 0.5) is 11.4 Å². The van der Waals surface area contributed by atoms with Gasteiger partial charge in [0, 0.05) is 22.3 Å². The van der Waals surface area contributed by atoms with Crippen LogP contribution in [0, 0.1) is 6.92 Å². The molecule has 4 rings (SSSR count). The molecule has 0 fully saturated rings. The second-order valence-electron chi connectivity index (χ2n) is 5.95. The average molecular weight is 384 g/mol. The molecular formula is C18H16N4O2S2. The lowest BCUT2D eigenvalue weighted by Crippen LogP contribution is -2.54. The van der Waals surface area contributed by atoms with Crippen LogP contribution in [0.5, 0.6) is 0 Å². The summed E-state index contributed by atoms with van der Waals surface area (Å²) in [5, 5.41) is 19.5. The van der Waals surface area contributed by atoms with E-state index < -0.39 is 4.87 Å². The van der Waals surface area contributed by atoms with Crippen LogP contribution in [0.3, 0.4) is 0 Å². The Labute approximate surface area is 160 Å². The summed E-state index contributed by atoms with van der Waals surface area (Å²) >= 11 is 6.62. The second kappa shape index (κ2) is 6.22. The summed E-state index contributed by atoms with van der Waals surface area (Å²) in [6, 6.07) is 15.1. The Balaban J connectivity index is 1.63. The third-order valence-electron chi connectivity index (χ3n) is 4.33. The Kier molecular flexibility index (Phi) is 4.01. The van der Waals surface area contributed by atoms with E-state index in [9.17, 15) is 9.90 Å². The number of benzene rings is 2. The number of amides is 1. The van der Waals surface area contributed by atoms with Gasteiger partial charge in [0.1, 0.15) is 0 Å². The molecule has 0 radical (unpaired) electrons. The number of thioether (sulfide) groups is 1. The Hall–Kier alpha value is -2.71. The van der Waals surface area contributed by atoms with Crippen molar-refractivity contribution in [3.8, 4) is 0 Å². The number of nitrogens with one attached hydrogen (secondary N) is 3. The highest BCUT2D eigenvalue weighted by molar-refractivity contribution is 8.04. The molecule has 0 saturated carbocycles. The van der Waals surface area contributed by atoms with Crippen LogP contribution in [0.25, 0.3) is 0 Å². The number of aliphatic hydroxyl groups excluding tert-OH is 1. The van der Waals surface area contributed by atoms with Gasteiger partial charge in [-0.2, -0.15) is 0 Å². The van der Waals surface area contributed by atoms with E-state index >= 15 is 0 Å². The first-order valence-electron chi connectivity index (χ1n) is 7.94. The fourth-order valence-electron chi connectivity index (χ4n) is 3.06. The van der Waals surface area contributed by atoms with Gasteiger partial charge in [0.05, 0.1) is 0 Å². The third kappa shape index (κ3) is 2.49. The van der Waals surface area contributed by atoms with E-state index in [4.69, 9.17) is 12.2 Å². The molecule has 1 amide bonds. The van der Waals surface area contributed by atoms with Gasteiger partial charge in [0.2, 0.25) is 10.8 Å². The van der Waals surface area contributed by atoms with Crippen LogP contribution >= 0.6 is 24.0 Å². The number of hydrazine groups is 1. The SMILES string of the molecule is Cc1ccccc1NC(=S)NN1C(O)=CSC12C(=O)Nc1ccccc12. The van der Waals surface area contributed by atoms with Gasteiger partial charge in [-0.3, -0.25) is 10.2 Å². The Morgan fingerprint density at radius 3 is 2.77 bits per heavy atom. The molecule has 1 atom stereocenters. The van der Waals surface area contributed by atoms with Crippen LogP contribution in [-0.4, -0.2) is 21.1 Å². The minimum absolute atomic E-state index is 0.0733. The molecule has 6 nitrogen and oxygen atoms in total. The Morgan fingerprint density at radius 2 is 1.96 bits per heavy atom. The van der Waals surface area contributed by atoms with Crippen molar-refractivity contribution in [2.45, 2.75) is 11.8 Å². The van der Waals surface area contributed by atoms with E-state index in [2.05, 4.69) is 16.1 Å². The third-order valence-corrected chi connectivity index (χ3v) is 5.78. The maximum Gasteiger partial charge on any atom is 0.267 e. The first-order valence-corrected chi connectivity index (χ1v) is 9.22. The fourth-order valence-corrected chi connectivity index (χ4v) is 4.35.